The molecule has 0 bridgehead atoms. The number of hydrogen-bond acceptors (Lipinski definition) is 2. The number of hydrogen-bond donors (Lipinski definition) is 0. The Morgan fingerprint density at radius 3 is 1.10 bits per heavy atom. The van der Waals surface area contributed by atoms with E-state index in [9.17, 15) is 0 Å². The van der Waals surface area contributed by atoms with Gasteiger partial charge in [-0.1, -0.05) is 0 Å². The number of carboxylic acids is 1. The summed E-state index contributed by atoms with van der Waals surface area (Å²) in [6, 6.07) is 0. The van der Waals surface area contributed by atoms with Gasteiger partial charge in [0.1, 0.15) is 0 Å². The van der Waals surface area contributed by atoms with Gasteiger partial charge in [0.05, 0.1) is 0 Å². The Labute approximate surface area is 109 Å². The minimum Gasteiger partial charge on any atom is -1.00 e. The molecule has 10 heavy (non-hydrogen) atoms. The Kier molecular flexibility index (Phi) is 281. The fourth-order valence-electron chi connectivity index (χ4n) is 0. The van der Waals surface area contributed by atoms with Gasteiger partial charge < -0.3 is 38.7 Å². The van der Waals surface area contributed by atoms with Crippen LogP contribution in [0.15, 0.2) is 0 Å². The summed E-state index contributed by atoms with van der Waals surface area (Å²) in [6.45, 7) is 0.972. The molecule has 0 heterocycles. The van der Waals surface area contributed by atoms with E-state index >= 15 is 0 Å². The molecule has 0 atom stereocenters. The van der Waals surface area contributed by atoms with E-state index in [0.29, 0.717) is 0 Å². The van der Waals surface area contributed by atoms with E-state index in [4.69, 9.17) is 9.90 Å². The number of carbonyl (C=O) groups excluding carboxylic acids is 1. The largest absolute Gasteiger partial charge is 1.00 e. The molecule has 0 amide bonds. The van der Waals surface area contributed by atoms with Crippen molar-refractivity contribution in [3.63, 3.8) is 0 Å². The molecular formula is C2H9ClNa2O5. The van der Waals surface area contributed by atoms with Gasteiger partial charge in [0.2, 0.25) is 0 Å². The van der Waals surface area contributed by atoms with E-state index in [-0.39, 0.29) is 88.0 Å². The summed E-state index contributed by atoms with van der Waals surface area (Å²) >= 11 is 0. The smallest absolute Gasteiger partial charge is 1.00 e. The zero-order valence-corrected chi connectivity index (χ0v) is 11.0. The molecule has 0 aromatic rings. The molecule has 0 radical (unpaired) electrons. The van der Waals surface area contributed by atoms with Gasteiger partial charge in [-0.3, -0.25) is 0 Å². The first-order valence-electron chi connectivity index (χ1n) is 0.908. The maximum atomic E-state index is 8.89. The van der Waals surface area contributed by atoms with Crippen molar-refractivity contribution in [2.24, 2.45) is 0 Å². The van der Waals surface area contributed by atoms with Crippen molar-refractivity contribution in [1.82, 2.24) is 0 Å². The Hall–Kier alpha value is 1.64. The maximum absolute atomic E-state index is 8.89. The second-order valence-electron chi connectivity index (χ2n) is 0.492. The van der Waals surface area contributed by atoms with Gasteiger partial charge in [0.15, 0.2) is 0 Å². The molecule has 0 rings (SSSR count). The molecule has 0 saturated carbocycles. The second-order valence-corrected chi connectivity index (χ2v) is 0.492. The number of carboxylic acid groups (broad SMARTS) is 1. The first-order valence-corrected chi connectivity index (χ1v) is 0.908. The molecule has 5 nitrogen and oxygen atoms in total. The van der Waals surface area contributed by atoms with E-state index in [1.807, 2.05) is 0 Å². The number of aliphatic carboxylic acids is 1. The molecule has 0 saturated heterocycles. The second kappa shape index (κ2) is 45.9. The minimum atomic E-state index is -1.08. The Bertz CT molecular complexity index is 40.6. The van der Waals surface area contributed by atoms with E-state index in [1.54, 1.807) is 0 Å². The van der Waals surface area contributed by atoms with Crippen LogP contribution in [0.25, 0.3) is 0 Å². The fourth-order valence-corrected chi connectivity index (χ4v) is 0. The zero-order chi connectivity index (χ0) is 3.58. The van der Waals surface area contributed by atoms with Gasteiger partial charge in [0.25, 0.3) is 0 Å². The molecule has 0 aliphatic carbocycles. The van der Waals surface area contributed by atoms with Crippen molar-refractivity contribution in [2.75, 3.05) is 0 Å². The summed E-state index contributed by atoms with van der Waals surface area (Å²) in [6.07, 6.45) is 0. The summed E-state index contributed by atoms with van der Waals surface area (Å²) in [5, 5.41) is 8.89. The van der Waals surface area contributed by atoms with E-state index in [1.165, 1.54) is 0 Å². The monoisotopic (exact) mass is 194 g/mol. The normalized spacial score (nSPS) is 2.50. The van der Waals surface area contributed by atoms with Gasteiger partial charge in [-0.2, -0.15) is 0 Å². The Morgan fingerprint density at radius 1 is 1.10 bits per heavy atom. The van der Waals surface area contributed by atoms with Crippen LogP contribution in [0.1, 0.15) is 6.92 Å². The van der Waals surface area contributed by atoms with Crippen molar-refractivity contribution in [1.29, 1.82) is 0 Å². The topological polar surface area (TPSA) is 135 Å². The third-order valence-corrected chi connectivity index (χ3v) is 0. The maximum Gasteiger partial charge on any atom is 1.00 e. The van der Waals surface area contributed by atoms with Crippen LogP contribution in [0.2, 0.25) is 0 Å². The fraction of sp³-hybridized carbons (Fsp3) is 0.500. The summed E-state index contributed by atoms with van der Waals surface area (Å²) in [5.74, 6) is -1.08. The van der Waals surface area contributed by atoms with Crippen molar-refractivity contribution in [3.05, 3.63) is 0 Å². The van der Waals surface area contributed by atoms with Gasteiger partial charge in [-0.15, -0.1) is 0 Å². The van der Waals surface area contributed by atoms with Crippen LogP contribution < -0.4 is 76.6 Å². The molecule has 0 aromatic carbocycles. The van der Waals surface area contributed by atoms with Crippen molar-refractivity contribution in [3.8, 4) is 0 Å². The average molecular weight is 195 g/mol. The van der Waals surface area contributed by atoms with Crippen LogP contribution in [0.5, 0.6) is 0 Å². The van der Waals surface area contributed by atoms with Crippen molar-refractivity contribution >= 4 is 5.97 Å². The van der Waals surface area contributed by atoms with Crippen LogP contribution in [0.3, 0.4) is 0 Å². The van der Waals surface area contributed by atoms with Crippen LogP contribution in [-0.2, 0) is 4.79 Å². The molecule has 8 heteroatoms. The van der Waals surface area contributed by atoms with Crippen molar-refractivity contribution < 1.29 is 97.9 Å². The summed E-state index contributed by atoms with van der Waals surface area (Å²) in [5.41, 5.74) is 0. The van der Waals surface area contributed by atoms with Gasteiger partial charge in [-0.05, 0) is 6.92 Å². The third-order valence-electron chi connectivity index (χ3n) is 0. The zero-order valence-electron chi connectivity index (χ0n) is 6.19. The van der Waals surface area contributed by atoms with E-state index < -0.39 is 5.97 Å². The minimum absolute atomic E-state index is 0. The van der Waals surface area contributed by atoms with Crippen LogP contribution >= 0.6 is 0 Å². The molecule has 56 valence electrons. The third kappa shape index (κ3) is 268. The quantitative estimate of drug-likeness (QED) is 0.354. The Morgan fingerprint density at radius 2 is 1.10 bits per heavy atom. The summed E-state index contributed by atoms with van der Waals surface area (Å²) in [4.78, 5) is 8.89. The predicted octanol–water partition coefficient (Wildman–Crippen LogP) is -12.7. The standard InChI is InChI=1S/C2H4O2.ClH.2Na.3H2O/c1-2(3)4;;;;;;/h1H3,(H,3,4);1H;;;3*1H2/q;;2*+1;;;/p-2. The first-order chi connectivity index (χ1) is 1.73. The number of halogens is 1. The molecule has 0 aliphatic rings. The van der Waals surface area contributed by atoms with Crippen molar-refractivity contribution in [2.45, 2.75) is 6.92 Å². The van der Waals surface area contributed by atoms with Crippen LogP contribution in [0.4, 0.5) is 0 Å². The first kappa shape index (κ1) is 61.2. The molecule has 0 spiro atoms. The van der Waals surface area contributed by atoms with Crippen LogP contribution in [0, 0.1) is 0 Å². The summed E-state index contributed by atoms with van der Waals surface area (Å²) in [7, 11) is 0. The molecule has 0 aromatic heterocycles. The molecular weight excluding hydrogens is 185 g/mol. The predicted molar refractivity (Wildman–Crippen MR) is 21.5 cm³/mol. The number of rotatable bonds is 0. The van der Waals surface area contributed by atoms with Crippen LogP contribution in [-0.4, -0.2) is 22.4 Å². The average Bonchev–Trinajstić information content (AvgIpc) is 0.811. The SMILES string of the molecule is CC(=O)[O-].O.O.O.[Cl-].[Na+].[Na+]. The van der Waals surface area contributed by atoms with Gasteiger partial charge in [0, 0.05) is 5.97 Å². The van der Waals surface area contributed by atoms with E-state index in [2.05, 4.69) is 0 Å². The molecule has 0 aliphatic heterocycles. The molecule has 0 fully saturated rings. The van der Waals surface area contributed by atoms with Gasteiger partial charge >= 0.3 is 59.1 Å². The molecule has 0 unspecified atom stereocenters. The summed E-state index contributed by atoms with van der Waals surface area (Å²) < 4.78 is 0. The van der Waals surface area contributed by atoms with Gasteiger partial charge in [-0.25, -0.2) is 0 Å². The Balaban J connectivity index is -0.00000000300. The van der Waals surface area contributed by atoms with E-state index in [0.717, 1.165) is 6.92 Å². The number of carbonyl (C=O) groups is 1. The molecule has 6 N–H and O–H groups in total.